The van der Waals surface area contributed by atoms with Gasteiger partial charge in [-0.3, -0.25) is 4.79 Å². The van der Waals surface area contributed by atoms with Crippen molar-refractivity contribution in [3.05, 3.63) is 29.3 Å². The van der Waals surface area contributed by atoms with E-state index in [1.54, 1.807) is 11.3 Å². The number of para-hydroxylation sites is 1. The SMILES string of the molecule is O=C(OCc1nc2ccccc2s1)C1CCOC1. The number of esters is 1. The van der Waals surface area contributed by atoms with Crippen LogP contribution < -0.4 is 0 Å². The van der Waals surface area contributed by atoms with Crippen LogP contribution in [0, 0.1) is 5.92 Å². The first-order valence-corrected chi connectivity index (χ1v) is 6.73. The molecule has 0 spiro atoms. The molecule has 1 aromatic carbocycles. The lowest BCUT2D eigenvalue weighted by atomic mass is 10.1. The number of aromatic nitrogens is 1. The monoisotopic (exact) mass is 263 g/mol. The lowest BCUT2D eigenvalue weighted by Gasteiger charge is -2.06. The van der Waals surface area contributed by atoms with Gasteiger partial charge in [-0.15, -0.1) is 11.3 Å². The summed E-state index contributed by atoms with van der Waals surface area (Å²) in [6.45, 7) is 1.40. The Balaban J connectivity index is 1.63. The third-order valence-electron chi connectivity index (χ3n) is 2.94. The Labute approximate surface area is 109 Å². The molecule has 2 heterocycles. The quantitative estimate of drug-likeness (QED) is 0.798. The molecule has 2 aromatic rings. The molecule has 1 fully saturated rings. The summed E-state index contributed by atoms with van der Waals surface area (Å²) < 4.78 is 11.6. The third kappa shape index (κ3) is 2.37. The van der Waals surface area contributed by atoms with Crippen LogP contribution in [0.2, 0.25) is 0 Å². The van der Waals surface area contributed by atoms with E-state index in [2.05, 4.69) is 4.98 Å². The molecule has 1 aromatic heterocycles. The molecule has 18 heavy (non-hydrogen) atoms. The number of nitrogens with zero attached hydrogens (tertiary/aromatic N) is 1. The predicted octanol–water partition coefficient (Wildman–Crippen LogP) is 2.38. The molecule has 1 atom stereocenters. The van der Waals surface area contributed by atoms with E-state index in [4.69, 9.17) is 9.47 Å². The van der Waals surface area contributed by atoms with E-state index >= 15 is 0 Å². The molecule has 1 aliphatic rings. The fourth-order valence-corrected chi connectivity index (χ4v) is 2.83. The molecule has 0 radical (unpaired) electrons. The molecule has 1 saturated heterocycles. The first kappa shape index (κ1) is 11.6. The maximum absolute atomic E-state index is 11.7. The molecular weight excluding hydrogens is 250 g/mol. The average Bonchev–Trinajstić information content (AvgIpc) is 3.04. The van der Waals surface area contributed by atoms with Crippen LogP contribution >= 0.6 is 11.3 Å². The van der Waals surface area contributed by atoms with Crippen molar-refractivity contribution < 1.29 is 14.3 Å². The van der Waals surface area contributed by atoms with Gasteiger partial charge in [0, 0.05) is 6.61 Å². The normalized spacial score (nSPS) is 19.2. The summed E-state index contributed by atoms with van der Waals surface area (Å²) in [5.74, 6) is -0.272. The Morgan fingerprint density at radius 1 is 1.50 bits per heavy atom. The molecule has 3 rings (SSSR count). The van der Waals surface area contributed by atoms with Gasteiger partial charge in [-0.05, 0) is 18.6 Å². The number of fused-ring (bicyclic) bond motifs is 1. The standard InChI is InChI=1S/C13H13NO3S/c15-13(9-5-6-16-7-9)17-8-12-14-10-3-1-2-4-11(10)18-12/h1-4,9H,5-8H2. The van der Waals surface area contributed by atoms with Crippen molar-refractivity contribution in [2.75, 3.05) is 13.2 Å². The number of benzene rings is 1. The highest BCUT2D eigenvalue weighted by molar-refractivity contribution is 7.18. The van der Waals surface area contributed by atoms with Crippen molar-refractivity contribution >= 4 is 27.5 Å². The number of ether oxygens (including phenoxy) is 2. The van der Waals surface area contributed by atoms with Crippen LogP contribution in [0.4, 0.5) is 0 Å². The first-order valence-electron chi connectivity index (χ1n) is 5.92. The van der Waals surface area contributed by atoms with Crippen molar-refractivity contribution in [3.8, 4) is 0 Å². The fraction of sp³-hybridized carbons (Fsp3) is 0.385. The minimum absolute atomic E-state index is 0.0978. The molecule has 0 bridgehead atoms. The maximum Gasteiger partial charge on any atom is 0.311 e. The number of hydrogen-bond donors (Lipinski definition) is 0. The Hall–Kier alpha value is -1.46. The second-order valence-corrected chi connectivity index (χ2v) is 5.36. The molecule has 0 aliphatic carbocycles. The highest BCUT2D eigenvalue weighted by Crippen LogP contribution is 2.22. The molecular formula is C13H13NO3S. The van der Waals surface area contributed by atoms with Gasteiger partial charge in [-0.1, -0.05) is 12.1 Å². The lowest BCUT2D eigenvalue weighted by Crippen LogP contribution is -2.17. The van der Waals surface area contributed by atoms with Crippen molar-refractivity contribution in [1.29, 1.82) is 0 Å². The van der Waals surface area contributed by atoms with Crippen LogP contribution in [0.5, 0.6) is 0 Å². The summed E-state index contributed by atoms with van der Waals surface area (Å²) in [7, 11) is 0. The van der Waals surface area contributed by atoms with E-state index in [9.17, 15) is 4.79 Å². The van der Waals surface area contributed by atoms with Gasteiger partial charge in [0.05, 0.1) is 22.7 Å². The number of hydrogen-bond acceptors (Lipinski definition) is 5. The summed E-state index contributed by atoms with van der Waals surface area (Å²) in [6.07, 6.45) is 0.763. The Bertz CT molecular complexity index is 527. The minimum Gasteiger partial charge on any atom is -0.458 e. The van der Waals surface area contributed by atoms with E-state index in [1.807, 2.05) is 24.3 Å². The van der Waals surface area contributed by atoms with Gasteiger partial charge in [0.15, 0.2) is 0 Å². The Morgan fingerprint density at radius 3 is 3.17 bits per heavy atom. The van der Waals surface area contributed by atoms with Gasteiger partial charge < -0.3 is 9.47 Å². The predicted molar refractivity (Wildman–Crippen MR) is 68.3 cm³/mol. The van der Waals surface area contributed by atoms with Crippen LogP contribution in [0.1, 0.15) is 11.4 Å². The van der Waals surface area contributed by atoms with Gasteiger partial charge in [0.25, 0.3) is 0 Å². The van der Waals surface area contributed by atoms with E-state index in [1.165, 1.54) is 0 Å². The zero-order chi connectivity index (χ0) is 12.4. The number of thiazole rings is 1. The number of carbonyl (C=O) groups is 1. The van der Waals surface area contributed by atoms with Gasteiger partial charge >= 0.3 is 5.97 Å². The van der Waals surface area contributed by atoms with E-state index in [0.717, 1.165) is 21.6 Å². The van der Waals surface area contributed by atoms with Crippen LogP contribution in [0.25, 0.3) is 10.2 Å². The molecule has 5 heteroatoms. The highest BCUT2D eigenvalue weighted by atomic mass is 32.1. The summed E-state index contributed by atoms with van der Waals surface area (Å²) in [6, 6.07) is 7.91. The first-order chi connectivity index (χ1) is 8.83. The van der Waals surface area contributed by atoms with E-state index in [-0.39, 0.29) is 18.5 Å². The van der Waals surface area contributed by atoms with Crippen LogP contribution in [0.3, 0.4) is 0 Å². The minimum atomic E-state index is -0.174. The largest absolute Gasteiger partial charge is 0.458 e. The summed E-state index contributed by atoms with van der Waals surface area (Å²) in [5.41, 5.74) is 0.956. The topological polar surface area (TPSA) is 48.4 Å². The van der Waals surface area contributed by atoms with E-state index in [0.29, 0.717) is 13.2 Å². The zero-order valence-electron chi connectivity index (χ0n) is 9.80. The van der Waals surface area contributed by atoms with Gasteiger partial charge in [0.1, 0.15) is 11.6 Å². The summed E-state index contributed by atoms with van der Waals surface area (Å²) in [4.78, 5) is 16.1. The van der Waals surface area contributed by atoms with Crippen molar-refractivity contribution in [2.45, 2.75) is 13.0 Å². The van der Waals surface area contributed by atoms with Crippen LogP contribution in [0.15, 0.2) is 24.3 Å². The van der Waals surface area contributed by atoms with Crippen LogP contribution in [-0.2, 0) is 20.9 Å². The smallest absolute Gasteiger partial charge is 0.311 e. The lowest BCUT2D eigenvalue weighted by molar-refractivity contribution is -0.149. The Morgan fingerprint density at radius 2 is 2.39 bits per heavy atom. The second-order valence-electron chi connectivity index (χ2n) is 4.24. The third-order valence-corrected chi connectivity index (χ3v) is 3.95. The number of carbonyl (C=O) groups excluding carboxylic acids is 1. The molecule has 4 nitrogen and oxygen atoms in total. The van der Waals surface area contributed by atoms with Gasteiger partial charge in [-0.2, -0.15) is 0 Å². The Kier molecular flexibility index (Phi) is 3.25. The average molecular weight is 263 g/mol. The van der Waals surface area contributed by atoms with Gasteiger partial charge in [0.2, 0.25) is 0 Å². The molecule has 94 valence electrons. The molecule has 0 N–H and O–H groups in total. The highest BCUT2D eigenvalue weighted by Gasteiger charge is 2.25. The maximum atomic E-state index is 11.7. The van der Waals surface area contributed by atoms with E-state index < -0.39 is 0 Å². The zero-order valence-corrected chi connectivity index (χ0v) is 10.6. The van der Waals surface area contributed by atoms with Gasteiger partial charge in [-0.25, -0.2) is 4.98 Å². The molecule has 0 amide bonds. The molecule has 0 saturated carbocycles. The van der Waals surface area contributed by atoms with Crippen molar-refractivity contribution in [3.63, 3.8) is 0 Å². The van der Waals surface area contributed by atoms with Crippen molar-refractivity contribution in [2.24, 2.45) is 5.92 Å². The fourth-order valence-electron chi connectivity index (χ4n) is 1.95. The summed E-state index contributed by atoms with van der Waals surface area (Å²) >= 11 is 1.56. The summed E-state index contributed by atoms with van der Waals surface area (Å²) in [5, 5.41) is 0.837. The number of rotatable bonds is 3. The molecule has 1 aliphatic heterocycles. The van der Waals surface area contributed by atoms with Crippen molar-refractivity contribution in [1.82, 2.24) is 4.98 Å². The molecule has 1 unspecified atom stereocenters. The second kappa shape index (κ2) is 5.04. The van der Waals surface area contributed by atoms with Crippen LogP contribution in [-0.4, -0.2) is 24.2 Å².